The van der Waals surface area contributed by atoms with Gasteiger partial charge in [-0.1, -0.05) is 0 Å². The summed E-state index contributed by atoms with van der Waals surface area (Å²) in [4.78, 5) is 11.3. The van der Waals surface area contributed by atoms with Gasteiger partial charge in [-0.25, -0.2) is 4.79 Å². The summed E-state index contributed by atoms with van der Waals surface area (Å²) in [5, 5.41) is 0. The van der Waals surface area contributed by atoms with E-state index in [4.69, 9.17) is 9.47 Å². The monoisotopic (exact) mass is 306 g/mol. The van der Waals surface area contributed by atoms with Gasteiger partial charge in [0, 0.05) is 5.57 Å². The number of hydrogen-bond acceptors (Lipinski definition) is 4. The first kappa shape index (κ1) is 18.1. The SMILES string of the molecule is COC(=O)COC(Oc1c(C)c(C)c(C)c(C)c1C)=C(C)C. The normalized spacial score (nSPS) is 10.2. The Hall–Kier alpha value is -1.97. The maximum Gasteiger partial charge on any atom is 0.344 e. The van der Waals surface area contributed by atoms with Gasteiger partial charge in [-0.3, -0.25) is 0 Å². The smallest absolute Gasteiger partial charge is 0.344 e. The van der Waals surface area contributed by atoms with Crippen LogP contribution in [0.5, 0.6) is 5.75 Å². The predicted octanol–water partition coefficient (Wildman–Crippen LogP) is 4.05. The van der Waals surface area contributed by atoms with Crippen molar-refractivity contribution in [3.63, 3.8) is 0 Å². The second-order valence-corrected chi connectivity index (χ2v) is 5.71. The van der Waals surface area contributed by atoms with E-state index in [0.29, 0.717) is 5.95 Å². The molecule has 0 aromatic heterocycles. The van der Waals surface area contributed by atoms with Gasteiger partial charge in [0.2, 0.25) is 0 Å². The van der Waals surface area contributed by atoms with Gasteiger partial charge in [0.25, 0.3) is 5.95 Å². The van der Waals surface area contributed by atoms with E-state index >= 15 is 0 Å². The summed E-state index contributed by atoms with van der Waals surface area (Å²) >= 11 is 0. The average molecular weight is 306 g/mol. The van der Waals surface area contributed by atoms with Crippen molar-refractivity contribution in [1.82, 2.24) is 0 Å². The Morgan fingerprint density at radius 3 is 1.73 bits per heavy atom. The average Bonchev–Trinajstić information content (AvgIpc) is 2.49. The molecule has 0 bridgehead atoms. The van der Waals surface area contributed by atoms with Gasteiger partial charge >= 0.3 is 5.97 Å². The molecule has 1 aromatic carbocycles. The molecule has 0 aliphatic carbocycles. The summed E-state index contributed by atoms with van der Waals surface area (Å²) in [6, 6.07) is 0. The molecule has 1 rings (SSSR count). The van der Waals surface area contributed by atoms with Crippen molar-refractivity contribution in [2.75, 3.05) is 13.7 Å². The van der Waals surface area contributed by atoms with Gasteiger partial charge in [-0.2, -0.15) is 0 Å². The van der Waals surface area contributed by atoms with E-state index in [1.165, 1.54) is 23.8 Å². The van der Waals surface area contributed by atoms with E-state index in [-0.39, 0.29) is 6.61 Å². The third-order valence-corrected chi connectivity index (χ3v) is 4.08. The molecule has 4 nitrogen and oxygen atoms in total. The van der Waals surface area contributed by atoms with Crippen LogP contribution in [0.1, 0.15) is 41.7 Å². The molecular weight excluding hydrogens is 280 g/mol. The molecule has 1 aromatic rings. The number of rotatable bonds is 5. The molecule has 4 heteroatoms. The van der Waals surface area contributed by atoms with E-state index < -0.39 is 5.97 Å². The zero-order valence-corrected chi connectivity index (χ0v) is 14.8. The van der Waals surface area contributed by atoms with Gasteiger partial charge in [0.05, 0.1) is 7.11 Å². The standard InChI is InChI=1S/C18H26O4/c1-10(2)18(21-9-16(19)20-8)22-17-14(6)12(4)11(3)13(5)15(17)7/h9H2,1-8H3. The molecule has 0 aliphatic rings. The topological polar surface area (TPSA) is 44.8 Å². The van der Waals surface area contributed by atoms with Crippen molar-refractivity contribution in [3.05, 3.63) is 39.3 Å². The second-order valence-electron chi connectivity index (χ2n) is 5.71. The van der Waals surface area contributed by atoms with Crippen LogP contribution in [0.15, 0.2) is 11.5 Å². The van der Waals surface area contributed by atoms with Crippen molar-refractivity contribution < 1.29 is 19.0 Å². The maximum absolute atomic E-state index is 11.3. The lowest BCUT2D eigenvalue weighted by Crippen LogP contribution is -2.14. The minimum Gasteiger partial charge on any atom is -0.466 e. The Morgan fingerprint density at radius 1 is 0.864 bits per heavy atom. The Kier molecular flexibility index (Phi) is 6.03. The highest BCUT2D eigenvalue weighted by Gasteiger charge is 2.17. The van der Waals surface area contributed by atoms with Crippen LogP contribution < -0.4 is 4.74 Å². The third kappa shape index (κ3) is 3.81. The van der Waals surface area contributed by atoms with Crippen LogP contribution in [-0.2, 0) is 14.3 Å². The zero-order chi connectivity index (χ0) is 17.0. The molecule has 0 fully saturated rings. The Balaban J connectivity index is 3.16. The van der Waals surface area contributed by atoms with Crippen molar-refractivity contribution in [1.29, 1.82) is 0 Å². The van der Waals surface area contributed by atoms with E-state index in [1.807, 2.05) is 27.7 Å². The summed E-state index contributed by atoms with van der Waals surface area (Å²) in [5.41, 5.74) is 6.72. The number of carbonyl (C=O) groups is 1. The van der Waals surface area contributed by atoms with Crippen molar-refractivity contribution in [2.45, 2.75) is 48.5 Å². The summed E-state index contributed by atoms with van der Waals surface area (Å²) in [6.07, 6.45) is 0. The van der Waals surface area contributed by atoms with Gasteiger partial charge in [0.15, 0.2) is 6.61 Å². The largest absolute Gasteiger partial charge is 0.466 e. The number of carbonyl (C=O) groups excluding carboxylic acids is 1. The Labute approximate surface area is 133 Å². The van der Waals surface area contributed by atoms with Crippen molar-refractivity contribution >= 4 is 5.97 Å². The minimum atomic E-state index is -0.438. The predicted molar refractivity (Wildman–Crippen MR) is 87.1 cm³/mol. The second kappa shape index (κ2) is 7.34. The summed E-state index contributed by atoms with van der Waals surface area (Å²) in [5.74, 6) is 0.702. The van der Waals surface area contributed by atoms with Gasteiger partial charge in [-0.05, 0) is 76.3 Å². The molecule has 22 heavy (non-hydrogen) atoms. The zero-order valence-electron chi connectivity index (χ0n) is 14.8. The fourth-order valence-corrected chi connectivity index (χ4v) is 2.17. The molecule has 0 aliphatic heterocycles. The number of ether oxygens (including phenoxy) is 3. The number of hydrogen-bond donors (Lipinski definition) is 0. The molecule has 122 valence electrons. The highest BCUT2D eigenvalue weighted by molar-refractivity contribution is 5.70. The third-order valence-electron chi connectivity index (χ3n) is 4.08. The molecule has 0 saturated heterocycles. The van der Waals surface area contributed by atoms with Gasteiger partial charge < -0.3 is 14.2 Å². The lowest BCUT2D eigenvalue weighted by atomic mass is 9.94. The van der Waals surface area contributed by atoms with E-state index in [0.717, 1.165) is 22.4 Å². The quantitative estimate of drug-likeness (QED) is 0.608. The lowest BCUT2D eigenvalue weighted by Gasteiger charge is -2.20. The van der Waals surface area contributed by atoms with E-state index in [1.54, 1.807) is 0 Å². The molecule has 0 heterocycles. The van der Waals surface area contributed by atoms with Gasteiger partial charge in [0.1, 0.15) is 5.75 Å². The molecule has 0 saturated carbocycles. The molecule has 0 N–H and O–H groups in total. The summed E-state index contributed by atoms with van der Waals surface area (Å²) in [6.45, 7) is 13.9. The molecule has 0 amide bonds. The molecular formula is C18H26O4. The van der Waals surface area contributed by atoms with E-state index in [9.17, 15) is 4.79 Å². The lowest BCUT2D eigenvalue weighted by molar-refractivity contribution is -0.145. The van der Waals surface area contributed by atoms with Crippen LogP contribution >= 0.6 is 0 Å². The fraction of sp³-hybridized carbons (Fsp3) is 0.500. The number of allylic oxidation sites excluding steroid dienone is 1. The van der Waals surface area contributed by atoms with Crippen LogP contribution in [0.25, 0.3) is 0 Å². The number of methoxy groups -OCH3 is 1. The Bertz CT molecular complexity index is 579. The first-order valence-corrected chi connectivity index (χ1v) is 7.32. The molecule has 0 atom stereocenters. The minimum absolute atomic E-state index is 0.168. The summed E-state index contributed by atoms with van der Waals surface area (Å²) in [7, 11) is 1.33. The molecule has 0 spiro atoms. The maximum atomic E-state index is 11.3. The molecule has 0 radical (unpaired) electrons. The van der Waals surface area contributed by atoms with Crippen LogP contribution in [0.2, 0.25) is 0 Å². The number of benzene rings is 1. The molecule has 0 unspecified atom stereocenters. The fourth-order valence-electron chi connectivity index (χ4n) is 2.17. The van der Waals surface area contributed by atoms with Crippen LogP contribution in [0.3, 0.4) is 0 Å². The van der Waals surface area contributed by atoms with Crippen LogP contribution in [0, 0.1) is 34.6 Å². The van der Waals surface area contributed by atoms with E-state index in [2.05, 4.69) is 25.5 Å². The first-order chi connectivity index (χ1) is 10.2. The Morgan fingerprint density at radius 2 is 1.32 bits per heavy atom. The highest BCUT2D eigenvalue weighted by atomic mass is 16.7. The van der Waals surface area contributed by atoms with Crippen molar-refractivity contribution in [3.8, 4) is 5.75 Å². The van der Waals surface area contributed by atoms with Gasteiger partial charge in [-0.15, -0.1) is 0 Å². The van der Waals surface area contributed by atoms with Crippen molar-refractivity contribution in [2.24, 2.45) is 0 Å². The van der Waals surface area contributed by atoms with Crippen LogP contribution in [-0.4, -0.2) is 19.7 Å². The first-order valence-electron chi connectivity index (χ1n) is 7.32. The summed E-state index contributed by atoms with van der Waals surface area (Å²) < 4.78 is 16.1. The van der Waals surface area contributed by atoms with Crippen LogP contribution in [0.4, 0.5) is 0 Å². The highest BCUT2D eigenvalue weighted by Crippen LogP contribution is 2.33. The number of esters is 1.